The second kappa shape index (κ2) is 7.04. The maximum absolute atomic E-state index is 12.0. The number of carbonyl (C=O) groups is 1. The Balaban J connectivity index is 2.36. The zero-order valence-electron chi connectivity index (χ0n) is 12.5. The van der Waals surface area contributed by atoms with Gasteiger partial charge in [0.25, 0.3) is 5.91 Å². The Labute approximate surface area is 125 Å². The molecule has 0 saturated carbocycles. The number of benzene rings is 2. The van der Waals surface area contributed by atoms with Gasteiger partial charge in [0, 0.05) is 12.1 Å². The average Bonchev–Trinajstić information content (AvgIpc) is 2.52. The van der Waals surface area contributed by atoms with Crippen molar-refractivity contribution < 1.29 is 9.90 Å². The third-order valence-corrected chi connectivity index (χ3v) is 3.42. The molecule has 2 aromatic rings. The zero-order valence-corrected chi connectivity index (χ0v) is 12.5. The van der Waals surface area contributed by atoms with E-state index in [1.807, 2.05) is 30.3 Å². The van der Waals surface area contributed by atoms with Crippen LogP contribution in [0.4, 0.5) is 0 Å². The number of hydrogen-bond donors (Lipinski definition) is 2. The molecular weight excluding hydrogens is 262 g/mol. The van der Waals surface area contributed by atoms with Gasteiger partial charge in [-0.05, 0) is 34.7 Å². The van der Waals surface area contributed by atoms with Gasteiger partial charge in [-0.15, -0.1) is 0 Å². The predicted octanol–water partition coefficient (Wildman–Crippen LogP) is 3.20. The Morgan fingerprint density at radius 1 is 1.14 bits per heavy atom. The molecule has 2 N–H and O–H groups in total. The highest BCUT2D eigenvalue weighted by molar-refractivity contribution is 5.95. The molecule has 110 valence electrons. The number of amides is 1. The lowest BCUT2D eigenvalue weighted by Crippen LogP contribution is -2.26. The topological polar surface area (TPSA) is 49.3 Å². The van der Waals surface area contributed by atoms with Crippen LogP contribution in [0.15, 0.2) is 48.5 Å². The van der Waals surface area contributed by atoms with E-state index in [4.69, 9.17) is 5.11 Å². The summed E-state index contributed by atoms with van der Waals surface area (Å²) >= 11 is 0. The highest BCUT2D eigenvalue weighted by Crippen LogP contribution is 2.29. The number of aliphatic hydroxyl groups is 1. The van der Waals surface area contributed by atoms with Gasteiger partial charge in [0.05, 0.1) is 6.61 Å². The van der Waals surface area contributed by atoms with E-state index in [2.05, 4.69) is 31.3 Å². The first-order valence-corrected chi connectivity index (χ1v) is 7.22. The molecule has 0 unspecified atom stereocenters. The third-order valence-electron chi connectivity index (χ3n) is 3.42. The van der Waals surface area contributed by atoms with E-state index in [0.717, 1.165) is 11.1 Å². The molecule has 0 atom stereocenters. The maximum atomic E-state index is 12.0. The molecular formula is C18H21NO2. The fourth-order valence-corrected chi connectivity index (χ4v) is 2.36. The van der Waals surface area contributed by atoms with Crippen LogP contribution < -0.4 is 5.32 Å². The van der Waals surface area contributed by atoms with Gasteiger partial charge < -0.3 is 10.4 Å². The molecule has 0 aliphatic heterocycles. The molecule has 0 spiro atoms. The Kier molecular flexibility index (Phi) is 5.12. The Morgan fingerprint density at radius 3 is 2.62 bits per heavy atom. The summed E-state index contributed by atoms with van der Waals surface area (Å²) in [7, 11) is 0. The van der Waals surface area contributed by atoms with Gasteiger partial charge >= 0.3 is 0 Å². The zero-order chi connectivity index (χ0) is 15.2. The normalized spacial score (nSPS) is 10.7. The van der Waals surface area contributed by atoms with E-state index in [1.54, 1.807) is 6.07 Å². The van der Waals surface area contributed by atoms with Crippen LogP contribution in [0.1, 0.15) is 35.7 Å². The first-order chi connectivity index (χ1) is 10.1. The number of carbonyl (C=O) groups excluding carboxylic acids is 1. The standard InChI is InChI=1S/C18H21NO2/c1-13(2)16-8-3-4-9-17(16)14-6-5-7-15(12-14)18(21)19-10-11-20/h3-9,12-13,20H,10-11H2,1-2H3,(H,19,21). The number of rotatable bonds is 5. The molecule has 3 nitrogen and oxygen atoms in total. The Hall–Kier alpha value is -2.13. The highest BCUT2D eigenvalue weighted by Gasteiger charge is 2.10. The van der Waals surface area contributed by atoms with Crippen molar-refractivity contribution in [1.82, 2.24) is 5.32 Å². The third kappa shape index (κ3) is 3.70. The molecule has 0 saturated heterocycles. The van der Waals surface area contributed by atoms with Gasteiger partial charge in [0.15, 0.2) is 0 Å². The van der Waals surface area contributed by atoms with Crippen LogP contribution in [0.3, 0.4) is 0 Å². The molecule has 0 fully saturated rings. The molecule has 0 aliphatic carbocycles. The van der Waals surface area contributed by atoms with E-state index in [1.165, 1.54) is 5.56 Å². The van der Waals surface area contributed by atoms with Crippen LogP contribution in [-0.2, 0) is 0 Å². The van der Waals surface area contributed by atoms with Crippen molar-refractivity contribution in [3.05, 3.63) is 59.7 Å². The summed E-state index contributed by atoms with van der Waals surface area (Å²) in [4.78, 5) is 12.0. The SMILES string of the molecule is CC(C)c1ccccc1-c1cccc(C(=O)NCCO)c1. The molecule has 0 radical (unpaired) electrons. The van der Waals surface area contributed by atoms with Gasteiger partial charge in [0.2, 0.25) is 0 Å². The lowest BCUT2D eigenvalue weighted by Gasteiger charge is -2.13. The van der Waals surface area contributed by atoms with Crippen molar-refractivity contribution in [2.75, 3.05) is 13.2 Å². The summed E-state index contributed by atoms with van der Waals surface area (Å²) in [6.45, 7) is 4.54. The summed E-state index contributed by atoms with van der Waals surface area (Å²) in [6, 6.07) is 15.8. The van der Waals surface area contributed by atoms with Crippen molar-refractivity contribution in [1.29, 1.82) is 0 Å². The van der Waals surface area contributed by atoms with E-state index in [9.17, 15) is 4.79 Å². The van der Waals surface area contributed by atoms with Crippen LogP contribution in [0, 0.1) is 0 Å². The molecule has 3 heteroatoms. The van der Waals surface area contributed by atoms with Gasteiger partial charge in [0.1, 0.15) is 0 Å². The smallest absolute Gasteiger partial charge is 0.251 e. The van der Waals surface area contributed by atoms with E-state index < -0.39 is 0 Å². The first kappa shape index (κ1) is 15.3. The fraction of sp³-hybridized carbons (Fsp3) is 0.278. The number of aliphatic hydroxyl groups excluding tert-OH is 1. The van der Waals surface area contributed by atoms with Crippen molar-refractivity contribution >= 4 is 5.91 Å². The van der Waals surface area contributed by atoms with Crippen molar-refractivity contribution in [3.8, 4) is 11.1 Å². The minimum absolute atomic E-state index is 0.0540. The second-order valence-corrected chi connectivity index (χ2v) is 5.30. The maximum Gasteiger partial charge on any atom is 0.251 e. The molecule has 21 heavy (non-hydrogen) atoms. The lowest BCUT2D eigenvalue weighted by atomic mass is 9.92. The van der Waals surface area contributed by atoms with Crippen LogP contribution >= 0.6 is 0 Å². The summed E-state index contributed by atoms with van der Waals surface area (Å²) in [5.41, 5.74) is 4.07. The average molecular weight is 283 g/mol. The van der Waals surface area contributed by atoms with Crippen LogP contribution in [0.2, 0.25) is 0 Å². The molecule has 0 aliphatic rings. The van der Waals surface area contributed by atoms with Gasteiger partial charge in [-0.3, -0.25) is 4.79 Å². The monoisotopic (exact) mass is 283 g/mol. The summed E-state index contributed by atoms with van der Waals surface area (Å²) < 4.78 is 0. The van der Waals surface area contributed by atoms with Crippen molar-refractivity contribution in [2.45, 2.75) is 19.8 Å². The van der Waals surface area contributed by atoms with Crippen molar-refractivity contribution in [3.63, 3.8) is 0 Å². The summed E-state index contributed by atoms with van der Waals surface area (Å²) in [6.07, 6.45) is 0. The number of hydrogen-bond acceptors (Lipinski definition) is 2. The van der Waals surface area contributed by atoms with Crippen LogP contribution in [0.25, 0.3) is 11.1 Å². The quantitative estimate of drug-likeness (QED) is 0.885. The minimum Gasteiger partial charge on any atom is -0.395 e. The minimum atomic E-state index is -0.159. The van der Waals surface area contributed by atoms with E-state index >= 15 is 0 Å². The Morgan fingerprint density at radius 2 is 1.90 bits per heavy atom. The van der Waals surface area contributed by atoms with Gasteiger partial charge in [-0.1, -0.05) is 50.2 Å². The molecule has 0 heterocycles. The molecule has 1 amide bonds. The van der Waals surface area contributed by atoms with Crippen LogP contribution in [-0.4, -0.2) is 24.2 Å². The Bertz CT molecular complexity index is 620. The predicted molar refractivity (Wildman–Crippen MR) is 85.4 cm³/mol. The van der Waals surface area contributed by atoms with Crippen LogP contribution in [0.5, 0.6) is 0 Å². The van der Waals surface area contributed by atoms with E-state index in [0.29, 0.717) is 11.5 Å². The second-order valence-electron chi connectivity index (χ2n) is 5.30. The van der Waals surface area contributed by atoms with Crippen molar-refractivity contribution in [2.24, 2.45) is 0 Å². The highest BCUT2D eigenvalue weighted by atomic mass is 16.3. The lowest BCUT2D eigenvalue weighted by molar-refractivity contribution is 0.0945. The molecule has 2 aromatic carbocycles. The van der Waals surface area contributed by atoms with Gasteiger partial charge in [-0.25, -0.2) is 0 Å². The van der Waals surface area contributed by atoms with E-state index in [-0.39, 0.29) is 19.1 Å². The van der Waals surface area contributed by atoms with Gasteiger partial charge in [-0.2, -0.15) is 0 Å². The molecule has 0 bridgehead atoms. The first-order valence-electron chi connectivity index (χ1n) is 7.22. The number of nitrogens with one attached hydrogen (secondary N) is 1. The largest absolute Gasteiger partial charge is 0.395 e. The fourth-order valence-electron chi connectivity index (χ4n) is 2.36. The summed E-state index contributed by atoms with van der Waals surface area (Å²) in [5.74, 6) is 0.265. The molecule has 2 rings (SSSR count). The molecule has 0 aromatic heterocycles. The summed E-state index contributed by atoms with van der Waals surface area (Å²) in [5, 5.41) is 11.5.